The monoisotopic (exact) mass is 259 g/mol. The first-order valence-corrected chi connectivity index (χ1v) is 5.66. The SMILES string of the molecule is CCN(CCBr)C(=O)c1ccnn1C. The van der Waals surface area contributed by atoms with Crippen molar-refractivity contribution in [3.8, 4) is 0 Å². The molecule has 4 nitrogen and oxygen atoms in total. The quantitative estimate of drug-likeness (QED) is 0.765. The van der Waals surface area contributed by atoms with E-state index in [0.717, 1.165) is 18.4 Å². The lowest BCUT2D eigenvalue weighted by molar-refractivity contribution is 0.0764. The summed E-state index contributed by atoms with van der Waals surface area (Å²) >= 11 is 3.32. The Hall–Kier alpha value is -0.840. The fraction of sp³-hybridized carbons (Fsp3) is 0.556. The highest BCUT2D eigenvalue weighted by Crippen LogP contribution is 2.03. The lowest BCUT2D eigenvalue weighted by Crippen LogP contribution is -2.33. The molecule has 0 bridgehead atoms. The number of aryl methyl sites for hydroxylation is 1. The Morgan fingerprint density at radius 3 is 2.86 bits per heavy atom. The Morgan fingerprint density at radius 1 is 1.71 bits per heavy atom. The number of rotatable bonds is 4. The van der Waals surface area contributed by atoms with Crippen LogP contribution in [0.4, 0.5) is 0 Å². The van der Waals surface area contributed by atoms with E-state index in [0.29, 0.717) is 5.69 Å². The average molecular weight is 260 g/mol. The van der Waals surface area contributed by atoms with Crippen LogP contribution in [-0.2, 0) is 7.05 Å². The van der Waals surface area contributed by atoms with Gasteiger partial charge in [0.2, 0.25) is 0 Å². The molecule has 0 aliphatic carbocycles. The van der Waals surface area contributed by atoms with Crippen molar-refractivity contribution in [1.29, 1.82) is 0 Å². The van der Waals surface area contributed by atoms with Crippen molar-refractivity contribution in [2.45, 2.75) is 6.92 Å². The predicted octanol–water partition coefficient (Wildman–Crippen LogP) is 1.28. The molecule has 0 atom stereocenters. The molecule has 0 aliphatic rings. The Balaban J connectivity index is 2.78. The van der Waals surface area contributed by atoms with Crippen molar-refractivity contribution in [3.63, 3.8) is 0 Å². The molecule has 1 amide bonds. The van der Waals surface area contributed by atoms with Crippen LogP contribution in [-0.4, -0.2) is 39.0 Å². The van der Waals surface area contributed by atoms with Crippen molar-refractivity contribution < 1.29 is 4.79 Å². The number of hydrogen-bond acceptors (Lipinski definition) is 2. The molecule has 5 heteroatoms. The summed E-state index contributed by atoms with van der Waals surface area (Å²) in [4.78, 5) is 13.7. The molecule has 14 heavy (non-hydrogen) atoms. The van der Waals surface area contributed by atoms with Gasteiger partial charge >= 0.3 is 0 Å². The molecule has 1 aromatic heterocycles. The molecule has 0 N–H and O–H groups in total. The first-order chi connectivity index (χ1) is 6.70. The molecule has 0 radical (unpaired) electrons. The maximum Gasteiger partial charge on any atom is 0.272 e. The molecule has 1 rings (SSSR count). The van der Waals surface area contributed by atoms with Crippen molar-refractivity contribution in [1.82, 2.24) is 14.7 Å². The standard InChI is InChI=1S/C9H14BrN3O/c1-3-13(7-5-10)9(14)8-4-6-11-12(8)2/h4,6H,3,5,7H2,1-2H3. The van der Waals surface area contributed by atoms with Gasteiger partial charge in [-0.05, 0) is 13.0 Å². The average Bonchev–Trinajstić information content (AvgIpc) is 2.59. The number of hydrogen-bond donors (Lipinski definition) is 0. The third-order valence-corrected chi connectivity index (χ3v) is 2.42. The zero-order valence-electron chi connectivity index (χ0n) is 8.40. The van der Waals surface area contributed by atoms with Crippen LogP contribution >= 0.6 is 15.9 Å². The van der Waals surface area contributed by atoms with E-state index in [1.165, 1.54) is 0 Å². The van der Waals surface area contributed by atoms with Crippen LogP contribution in [0.15, 0.2) is 12.3 Å². The summed E-state index contributed by atoms with van der Waals surface area (Å²) in [5.74, 6) is 0.0342. The van der Waals surface area contributed by atoms with E-state index in [-0.39, 0.29) is 5.91 Å². The largest absolute Gasteiger partial charge is 0.337 e. The molecular formula is C9H14BrN3O. The number of alkyl halides is 1. The summed E-state index contributed by atoms with van der Waals surface area (Å²) in [5.41, 5.74) is 0.632. The molecular weight excluding hydrogens is 246 g/mol. The highest BCUT2D eigenvalue weighted by Gasteiger charge is 2.15. The molecule has 0 unspecified atom stereocenters. The molecule has 1 heterocycles. The van der Waals surface area contributed by atoms with E-state index in [9.17, 15) is 4.79 Å². The second-order valence-corrected chi connectivity index (χ2v) is 3.71. The molecule has 0 saturated heterocycles. The Morgan fingerprint density at radius 2 is 2.43 bits per heavy atom. The van der Waals surface area contributed by atoms with Gasteiger partial charge in [-0.15, -0.1) is 0 Å². The maximum atomic E-state index is 11.9. The second kappa shape index (κ2) is 5.14. The zero-order valence-corrected chi connectivity index (χ0v) is 9.99. The zero-order chi connectivity index (χ0) is 10.6. The van der Waals surface area contributed by atoms with Gasteiger partial charge in [0, 0.05) is 31.7 Å². The molecule has 78 valence electrons. The first kappa shape index (κ1) is 11.2. The van der Waals surface area contributed by atoms with E-state index < -0.39 is 0 Å². The first-order valence-electron chi connectivity index (χ1n) is 4.54. The van der Waals surface area contributed by atoms with Crippen LogP contribution < -0.4 is 0 Å². The highest BCUT2D eigenvalue weighted by molar-refractivity contribution is 9.09. The van der Waals surface area contributed by atoms with Gasteiger partial charge in [-0.3, -0.25) is 9.48 Å². The molecule has 0 saturated carbocycles. The fourth-order valence-corrected chi connectivity index (χ4v) is 1.68. The fourth-order valence-electron chi connectivity index (χ4n) is 1.25. The van der Waals surface area contributed by atoms with Gasteiger partial charge in [0.05, 0.1) is 0 Å². The van der Waals surface area contributed by atoms with E-state index >= 15 is 0 Å². The van der Waals surface area contributed by atoms with Crippen LogP contribution in [0.25, 0.3) is 0 Å². The van der Waals surface area contributed by atoms with Gasteiger partial charge in [-0.25, -0.2) is 0 Å². The lowest BCUT2D eigenvalue weighted by atomic mass is 10.3. The second-order valence-electron chi connectivity index (χ2n) is 2.91. The van der Waals surface area contributed by atoms with Crippen LogP contribution in [0.5, 0.6) is 0 Å². The number of nitrogens with zero attached hydrogens (tertiary/aromatic N) is 3. The smallest absolute Gasteiger partial charge is 0.272 e. The minimum Gasteiger partial charge on any atom is -0.337 e. The minimum absolute atomic E-state index is 0.0342. The number of carbonyl (C=O) groups is 1. The third kappa shape index (κ3) is 2.35. The summed E-state index contributed by atoms with van der Waals surface area (Å²) in [6, 6.07) is 1.74. The molecule has 0 spiro atoms. The molecule has 0 aliphatic heterocycles. The van der Waals surface area contributed by atoms with Gasteiger partial charge < -0.3 is 4.90 Å². The van der Waals surface area contributed by atoms with Crippen molar-refractivity contribution in [2.24, 2.45) is 7.05 Å². The Labute approximate surface area is 92.0 Å². The normalized spacial score (nSPS) is 10.2. The van der Waals surface area contributed by atoms with Crippen LogP contribution in [0.3, 0.4) is 0 Å². The molecule has 0 fully saturated rings. The molecule has 1 aromatic rings. The Bertz CT molecular complexity index is 311. The van der Waals surface area contributed by atoms with Gasteiger partial charge in [0.15, 0.2) is 0 Å². The van der Waals surface area contributed by atoms with Crippen molar-refractivity contribution in [2.75, 3.05) is 18.4 Å². The van der Waals surface area contributed by atoms with Gasteiger partial charge in [-0.2, -0.15) is 5.10 Å². The topological polar surface area (TPSA) is 38.1 Å². The lowest BCUT2D eigenvalue weighted by Gasteiger charge is -2.19. The van der Waals surface area contributed by atoms with Crippen molar-refractivity contribution >= 4 is 21.8 Å². The van der Waals surface area contributed by atoms with Crippen LogP contribution in [0, 0.1) is 0 Å². The Kier molecular flexibility index (Phi) is 4.13. The summed E-state index contributed by atoms with van der Waals surface area (Å²) in [6.45, 7) is 3.41. The maximum absolute atomic E-state index is 11.9. The van der Waals surface area contributed by atoms with E-state index in [1.54, 1.807) is 28.9 Å². The van der Waals surface area contributed by atoms with E-state index in [4.69, 9.17) is 0 Å². The van der Waals surface area contributed by atoms with Gasteiger partial charge in [0.1, 0.15) is 5.69 Å². The summed E-state index contributed by atoms with van der Waals surface area (Å²) < 4.78 is 1.60. The molecule has 0 aromatic carbocycles. The third-order valence-electron chi connectivity index (χ3n) is 2.06. The van der Waals surface area contributed by atoms with Gasteiger partial charge in [-0.1, -0.05) is 15.9 Å². The number of amides is 1. The number of carbonyl (C=O) groups excluding carboxylic acids is 1. The number of aromatic nitrogens is 2. The highest BCUT2D eigenvalue weighted by atomic mass is 79.9. The number of halogens is 1. The van der Waals surface area contributed by atoms with Crippen LogP contribution in [0.1, 0.15) is 17.4 Å². The van der Waals surface area contributed by atoms with Crippen molar-refractivity contribution in [3.05, 3.63) is 18.0 Å². The van der Waals surface area contributed by atoms with E-state index in [2.05, 4.69) is 21.0 Å². The summed E-state index contributed by atoms with van der Waals surface area (Å²) in [7, 11) is 1.77. The van der Waals surface area contributed by atoms with Crippen LogP contribution in [0.2, 0.25) is 0 Å². The summed E-state index contributed by atoms with van der Waals surface area (Å²) in [6.07, 6.45) is 1.63. The van der Waals surface area contributed by atoms with Gasteiger partial charge in [0.25, 0.3) is 5.91 Å². The minimum atomic E-state index is 0.0342. The summed E-state index contributed by atoms with van der Waals surface area (Å²) in [5, 5.41) is 4.77. The predicted molar refractivity (Wildman–Crippen MR) is 58.6 cm³/mol. The van der Waals surface area contributed by atoms with E-state index in [1.807, 2.05) is 6.92 Å².